The van der Waals surface area contributed by atoms with E-state index in [1.807, 2.05) is 25.1 Å². The van der Waals surface area contributed by atoms with Crippen LogP contribution >= 0.6 is 0 Å². The van der Waals surface area contributed by atoms with Gasteiger partial charge in [0, 0.05) is 26.7 Å². The number of nitrogens with zero attached hydrogens (tertiary/aromatic N) is 5. The number of ether oxygens (including phenoxy) is 1. The molecule has 5 N–H and O–H groups in total. The molecule has 12 heteroatoms. The molecular formula is C22H24BN7O4. The van der Waals surface area contributed by atoms with E-state index in [4.69, 9.17) is 10.5 Å². The van der Waals surface area contributed by atoms with Crippen molar-refractivity contribution in [2.45, 2.75) is 6.54 Å². The van der Waals surface area contributed by atoms with Crippen molar-refractivity contribution >= 4 is 41.2 Å². The maximum Gasteiger partial charge on any atom is 0.488 e. The molecule has 0 aliphatic carbocycles. The molecule has 0 saturated carbocycles. The van der Waals surface area contributed by atoms with Gasteiger partial charge in [-0.25, -0.2) is 4.57 Å². The topological polar surface area (TPSA) is 152 Å². The Kier molecular flexibility index (Phi) is 6.35. The number of hydrogen-bond donors (Lipinski definition) is 4. The number of anilines is 2. The average molecular weight is 461 g/mol. The van der Waals surface area contributed by atoms with E-state index >= 15 is 0 Å². The molecule has 0 aliphatic heterocycles. The van der Waals surface area contributed by atoms with Crippen molar-refractivity contribution in [1.29, 1.82) is 0 Å². The number of primary amides is 1. The highest BCUT2D eigenvalue weighted by Gasteiger charge is 2.20. The van der Waals surface area contributed by atoms with E-state index in [9.17, 15) is 14.8 Å². The maximum absolute atomic E-state index is 11.9. The van der Waals surface area contributed by atoms with Crippen LogP contribution in [0.4, 0.5) is 11.6 Å². The molecule has 2 aromatic heterocycles. The Bertz CT molecular complexity index is 1360. The lowest BCUT2D eigenvalue weighted by Crippen LogP contribution is -2.30. The number of para-hydroxylation sites is 1. The van der Waals surface area contributed by atoms with Crippen LogP contribution in [-0.2, 0) is 6.54 Å². The SMILES string of the molecule is COc1nc2c(C(N)=O)cccc2n1-c1nc(NCc2cccc(B(O)O)c2)cc(N(C)C)n1. The lowest BCUT2D eigenvalue weighted by molar-refractivity contribution is 0.100. The third-order valence-corrected chi connectivity index (χ3v) is 5.18. The van der Waals surface area contributed by atoms with Crippen LogP contribution < -0.4 is 26.2 Å². The summed E-state index contributed by atoms with van der Waals surface area (Å²) in [6, 6.07) is 14.0. The summed E-state index contributed by atoms with van der Waals surface area (Å²) in [7, 11) is 3.64. The number of carbonyl (C=O) groups is 1. The summed E-state index contributed by atoms with van der Waals surface area (Å²) >= 11 is 0. The number of imidazole rings is 1. The minimum atomic E-state index is -1.54. The molecule has 0 atom stereocenters. The monoisotopic (exact) mass is 461 g/mol. The van der Waals surface area contributed by atoms with Gasteiger partial charge in [-0.3, -0.25) is 4.79 Å². The van der Waals surface area contributed by atoms with Gasteiger partial charge in [0.2, 0.25) is 5.95 Å². The molecule has 0 unspecified atom stereocenters. The second-order valence-electron chi connectivity index (χ2n) is 7.75. The molecule has 11 nitrogen and oxygen atoms in total. The summed E-state index contributed by atoms with van der Waals surface area (Å²) in [5.74, 6) is 0.841. The van der Waals surface area contributed by atoms with E-state index in [1.165, 1.54) is 7.11 Å². The van der Waals surface area contributed by atoms with E-state index in [1.54, 1.807) is 47.0 Å². The van der Waals surface area contributed by atoms with E-state index < -0.39 is 13.0 Å². The Hall–Kier alpha value is -4.16. The third kappa shape index (κ3) is 4.49. The van der Waals surface area contributed by atoms with Gasteiger partial charge in [-0.1, -0.05) is 30.3 Å². The van der Waals surface area contributed by atoms with Crippen LogP contribution in [0.5, 0.6) is 6.01 Å². The molecule has 4 rings (SSSR count). The molecule has 1 amide bonds. The summed E-state index contributed by atoms with van der Waals surface area (Å²) < 4.78 is 7.08. The number of methoxy groups -OCH3 is 1. The summed E-state index contributed by atoms with van der Waals surface area (Å²) in [5, 5.41) is 22.1. The Morgan fingerprint density at radius 1 is 1.15 bits per heavy atom. The van der Waals surface area contributed by atoms with Crippen molar-refractivity contribution in [2.24, 2.45) is 5.73 Å². The summed E-state index contributed by atoms with van der Waals surface area (Å²) in [6.45, 7) is 0.386. The van der Waals surface area contributed by atoms with Gasteiger partial charge < -0.3 is 30.7 Å². The number of benzene rings is 2. The first-order valence-corrected chi connectivity index (χ1v) is 10.4. The Labute approximate surface area is 196 Å². The quantitative estimate of drug-likeness (QED) is 0.271. The van der Waals surface area contributed by atoms with Crippen molar-refractivity contribution in [1.82, 2.24) is 19.5 Å². The molecular weight excluding hydrogens is 437 g/mol. The van der Waals surface area contributed by atoms with Crippen molar-refractivity contribution in [2.75, 3.05) is 31.4 Å². The van der Waals surface area contributed by atoms with Gasteiger partial charge in [0.1, 0.15) is 17.2 Å². The van der Waals surface area contributed by atoms with Crippen molar-refractivity contribution in [3.63, 3.8) is 0 Å². The van der Waals surface area contributed by atoms with Crippen molar-refractivity contribution in [3.8, 4) is 12.0 Å². The Morgan fingerprint density at radius 2 is 1.91 bits per heavy atom. The molecule has 2 aromatic carbocycles. The first kappa shape index (κ1) is 23.0. The zero-order valence-corrected chi connectivity index (χ0v) is 18.9. The van der Waals surface area contributed by atoms with Crippen LogP contribution in [0.15, 0.2) is 48.5 Å². The van der Waals surface area contributed by atoms with E-state index in [0.717, 1.165) is 5.56 Å². The second-order valence-corrected chi connectivity index (χ2v) is 7.75. The smallest absolute Gasteiger partial charge is 0.468 e. The molecule has 0 fully saturated rings. The minimum absolute atomic E-state index is 0.204. The van der Waals surface area contributed by atoms with E-state index in [-0.39, 0.29) is 17.5 Å². The predicted molar refractivity (Wildman–Crippen MR) is 130 cm³/mol. The van der Waals surface area contributed by atoms with Gasteiger partial charge in [0.05, 0.1) is 18.2 Å². The van der Waals surface area contributed by atoms with Crippen LogP contribution in [0.2, 0.25) is 0 Å². The van der Waals surface area contributed by atoms with Gasteiger partial charge in [0.25, 0.3) is 5.91 Å². The number of fused-ring (bicyclic) bond motifs is 1. The zero-order valence-electron chi connectivity index (χ0n) is 18.9. The molecule has 2 heterocycles. The first-order valence-electron chi connectivity index (χ1n) is 10.4. The highest BCUT2D eigenvalue weighted by atomic mass is 16.5. The summed E-state index contributed by atoms with van der Waals surface area (Å²) in [5.41, 5.74) is 7.99. The number of hydrogen-bond acceptors (Lipinski definition) is 9. The van der Waals surface area contributed by atoms with E-state index in [2.05, 4.69) is 20.3 Å². The van der Waals surface area contributed by atoms with Gasteiger partial charge in [-0.05, 0) is 23.2 Å². The predicted octanol–water partition coefficient (Wildman–Crippen LogP) is 0.281. The maximum atomic E-state index is 11.9. The van der Waals surface area contributed by atoms with Gasteiger partial charge >= 0.3 is 13.1 Å². The molecule has 4 aromatic rings. The molecule has 0 aliphatic rings. The average Bonchev–Trinajstić information content (AvgIpc) is 3.21. The first-order chi connectivity index (χ1) is 16.3. The minimum Gasteiger partial charge on any atom is -0.468 e. The van der Waals surface area contributed by atoms with Crippen LogP contribution in [0.1, 0.15) is 15.9 Å². The molecule has 34 heavy (non-hydrogen) atoms. The fourth-order valence-electron chi connectivity index (χ4n) is 3.50. The number of aromatic nitrogens is 4. The normalized spacial score (nSPS) is 10.9. The Morgan fingerprint density at radius 3 is 2.59 bits per heavy atom. The van der Waals surface area contributed by atoms with Crippen LogP contribution in [-0.4, -0.2) is 63.8 Å². The molecule has 0 spiro atoms. The fraction of sp³-hybridized carbons (Fsp3) is 0.182. The van der Waals surface area contributed by atoms with Gasteiger partial charge in [-0.15, -0.1) is 0 Å². The fourth-order valence-corrected chi connectivity index (χ4v) is 3.50. The van der Waals surface area contributed by atoms with Gasteiger partial charge in [-0.2, -0.15) is 15.0 Å². The third-order valence-electron chi connectivity index (χ3n) is 5.18. The standard InChI is InChI=1S/C22H24BN7O4/c1-29(2)18-11-17(25-12-13-6-4-7-14(10-13)23(32)33)26-21(27-18)30-16-9-5-8-15(20(24)31)19(16)28-22(30)34-3/h4-11,32-33H,12H2,1-3H3,(H2,24,31)(H,25,26,27). The van der Waals surface area contributed by atoms with E-state index in [0.29, 0.717) is 34.7 Å². The number of amides is 1. The highest BCUT2D eigenvalue weighted by molar-refractivity contribution is 6.58. The second kappa shape index (κ2) is 9.37. The lowest BCUT2D eigenvalue weighted by Gasteiger charge is -2.16. The summed E-state index contributed by atoms with van der Waals surface area (Å²) in [4.78, 5) is 27.4. The Balaban J connectivity index is 1.78. The zero-order chi connectivity index (χ0) is 24.4. The number of carbonyl (C=O) groups excluding carboxylic acids is 1. The summed E-state index contributed by atoms with van der Waals surface area (Å²) in [6.07, 6.45) is 0. The van der Waals surface area contributed by atoms with Crippen molar-refractivity contribution in [3.05, 3.63) is 59.7 Å². The molecule has 0 bridgehead atoms. The van der Waals surface area contributed by atoms with Crippen molar-refractivity contribution < 1.29 is 19.6 Å². The van der Waals surface area contributed by atoms with Crippen LogP contribution in [0.25, 0.3) is 17.0 Å². The van der Waals surface area contributed by atoms with Crippen LogP contribution in [0, 0.1) is 0 Å². The number of rotatable bonds is 8. The number of nitrogens with one attached hydrogen (secondary N) is 1. The van der Waals surface area contributed by atoms with Crippen LogP contribution in [0.3, 0.4) is 0 Å². The molecule has 0 saturated heterocycles. The molecule has 0 radical (unpaired) electrons. The highest BCUT2D eigenvalue weighted by Crippen LogP contribution is 2.28. The lowest BCUT2D eigenvalue weighted by atomic mass is 9.80. The largest absolute Gasteiger partial charge is 0.488 e. The molecule has 174 valence electrons. The number of nitrogens with two attached hydrogens (primary N) is 1. The van der Waals surface area contributed by atoms with Gasteiger partial charge in [0.15, 0.2) is 0 Å².